The smallest absolute Gasteiger partial charge is 0.411 e. The Hall–Kier alpha value is -4.20. The predicted octanol–water partition coefficient (Wildman–Crippen LogP) is 4.16. The average Bonchev–Trinajstić information content (AvgIpc) is 3.14. The van der Waals surface area contributed by atoms with Crippen LogP contribution < -0.4 is 10.6 Å². The van der Waals surface area contributed by atoms with Gasteiger partial charge in [-0.2, -0.15) is 0 Å². The summed E-state index contributed by atoms with van der Waals surface area (Å²) in [6.07, 6.45) is -1.54. The molecule has 0 saturated carbocycles. The molecule has 7 nitrogen and oxygen atoms in total. The highest BCUT2D eigenvalue weighted by atomic mass is 19.1. The van der Waals surface area contributed by atoms with Crippen molar-refractivity contribution in [1.82, 2.24) is 10.2 Å². The second-order valence-corrected chi connectivity index (χ2v) is 8.01. The first-order chi connectivity index (χ1) is 16.4. The van der Waals surface area contributed by atoms with Crippen LogP contribution in [0.5, 0.6) is 0 Å². The molecule has 0 unspecified atom stereocenters. The Bertz CT molecular complexity index is 1180. The third-order valence-electron chi connectivity index (χ3n) is 5.46. The average molecular weight is 461 g/mol. The van der Waals surface area contributed by atoms with Crippen LogP contribution in [0, 0.1) is 5.82 Å². The molecule has 2 atom stereocenters. The standard InChI is InChI=1S/C26H24FN3O4/c1-17(31)29-22-12-10-20(11-13-22)24-23(25(32)28-15-18-6-3-2-4-7-18)30(26(33)34-24)16-19-8-5-9-21(27)14-19/h2-14,23-24H,15-16H2,1H3,(H,28,32)(H,29,31)/t23-,24+/m1/s1. The van der Waals surface area contributed by atoms with E-state index in [-0.39, 0.29) is 24.9 Å². The fraction of sp³-hybridized carbons (Fsp3) is 0.192. The number of halogens is 1. The summed E-state index contributed by atoms with van der Waals surface area (Å²) in [7, 11) is 0. The van der Waals surface area contributed by atoms with Crippen molar-refractivity contribution in [2.45, 2.75) is 32.2 Å². The first-order valence-corrected chi connectivity index (χ1v) is 10.8. The van der Waals surface area contributed by atoms with Gasteiger partial charge in [0.05, 0.1) is 6.54 Å². The minimum absolute atomic E-state index is 0.0144. The molecule has 1 fully saturated rings. The summed E-state index contributed by atoms with van der Waals surface area (Å²) in [5.74, 6) is -1.03. The first-order valence-electron chi connectivity index (χ1n) is 10.8. The van der Waals surface area contributed by atoms with Gasteiger partial charge in [0, 0.05) is 19.2 Å². The predicted molar refractivity (Wildman–Crippen MR) is 124 cm³/mol. The number of nitrogens with one attached hydrogen (secondary N) is 2. The van der Waals surface area contributed by atoms with Crippen LogP contribution in [0.3, 0.4) is 0 Å². The lowest BCUT2D eigenvalue weighted by atomic mass is 10.00. The van der Waals surface area contributed by atoms with E-state index < -0.39 is 24.1 Å². The molecule has 34 heavy (non-hydrogen) atoms. The molecule has 0 radical (unpaired) electrons. The van der Waals surface area contributed by atoms with Gasteiger partial charge in [0.25, 0.3) is 0 Å². The maximum Gasteiger partial charge on any atom is 0.411 e. The third kappa shape index (κ3) is 5.40. The summed E-state index contributed by atoms with van der Waals surface area (Å²) >= 11 is 0. The number of benzene rings is 3. The van der Waals surface area contributed by atoms with Gasteiger partial charge >= 0.3 is 6.09 Å². The van der Waals surface area contributed by atoms with Crippen molar-refractivity contribution in [2.75, 3.05) is 5.32 Å². The summed E-state index contributed by atoms with van der Waals surface area (Å²) in [5, 5.41) is 5.56. The van der Waals surface area contributed by atoms with Gasteiger partial charge in [-0.15, -0.1) is 0 Å². The molecular weight excluding hydrogens is 437 g/mol. The number of carbonyl (C=O) groups is 3. The van der Waals surface area contributed by atoms with Gasteiger partial charge in [-0.25, -0.2) is 9.18 Å². The van der Waals surface area contributed by atoms with Crippen molar-refractivity contribution >= 4 is 23.6 Å². The van der Waals surface area contributed by atoms with E-state index in [0.717, 1.165) is 5.56 Å². The molecule has 8 heteroatoms. The lowest BCUT2D eigenvalue weighted by Gasteiger charge is -2.24. The SMILES string of the molecule is CC(=O)Nc1ccc([C@@H]2OC(=O)N(Cc3cccc(F)c3)[C@H]2C(=O)NCc2ccccc2)cc1. The van der Waals surface area contributed by atoms with Crippen LogP contribution in [0.15, 0.2) is 78.9 Å². The number of hydrogen-bond acceptors (Lipinski definition) is 4. The fourth-order valence-corrected chi connectivity index (χ4v) is 3.89. The zero-order chi connectivity index (χ0) is 24.1. The van der Waals surface area contributed by atoms with Gasteiger partial charge in [0.2, 0.25) is 11.8 Å². The van der Waals surface area contributed by atoms with Gasteiger partial charge in [-0.1, -0.05) is 54.6 Å². The molecule has 1 heterocycles. The molecular formula is C26H24FN3O4. The molecule has 3 aromatic carbocycles. The molecule has 0 aromatic heterocycles. The largest absolute Gasteiger partial charge is 0.438 e. The quantitative estimate of drug-likeness (QED) is 0.553. The Labute approximate surface area is 196 Å². The lowest BCUT2D eigenvalue weighted by molar-refractivity contribution is -0.126. The van der Waals surface area contributed by atoms with Crippen LogP contribution in [0.4, 0.5) is 14.9 Å². The Morgan fingerprint density at radius 2 is 1.68 bits per heavy atom. The van der Waals surface area contributed by atoms with Gasteiger partial charge in [0.1, 0.15) is 5.82 Å². The molecule has 1 aliphatic heterocycles. The van der Waals surface area contributed by atoms with Crippen LogP contribution in [0.1, 0.15) is 29.7 Å². The molecule has 1 aliphatic rings. The summed E-state index contributed by atoms with van der Waals surface area (Å²) in [6, 6.07) is 21.1. The summed E-state index contributed by atoms with van der Waals surface area (Å²) < 4.78 is 19.3. The summed E-state index contributed by atoms with van der Waals surface area (Å²) in [6.45, 7) is 1.71. The Morgan fingerprint density at radius 1 is 0.971 bits per heavy atom. The van der Waals surface area contributed by atoms with Crippen LogP contribution in [0.25, 0.3) is 0 Å². The van der Waals surface area contributed by atoms with Crippen LogP contribution >= 0.6 is 0 Å². The van der Waals surface area contributed by atoms with E-state index >= 15 is 0 Å². The highest BCUT2D eigenvalue weighted by molar-refractivity contribution is 5.90. The number of hydrogen-bond donors (Lipinski definition) is 2. The van der Waals surface area contributed by atoms with E-state index in [1.54, 1.807) is 36.4 Å². The number of amides is 3. The van der Waals surface area contributed by atoms with Crippen LogP contribution in [-0.2, 0) is 27.4 Å². The number of rotatable bonds is 7. The lowest BCUT2D eigenvalue weighted by Crippen LogP contribution is -2.46. The summed E-state index contributed by atoms with van der Waals surface area (Å²) in [5.41, 5.74) is 2.64. The normalized spacial score (nSPS) is 17.2. The minimum Gasteiger partial charge on any atom is -0.438 e. The van der Waals surface area contributed by atoms with E-state index in [0.29, 0.717) is 16.8 Å². The third-order valence-corrected chi connectivity index (χ3v) is 5.46. The zero-order valence-corrected chi connectivity index (χ0v) is 18.5. The van der Waals surface area contributed by atoms with Crippen molar-refractivity contribution in [3.05, 3.63) is 101 Å². The highest BCUT2D eigenvalue weighted by Crippen LogP contribution is 2.34. The minimum atomic E-state index is -0.967. The molecule has 0 aliphatic carbocycles. The van der Waals surface area contributed by atoms with Gasteiger partial charge < -0.3 is 15.4 Å². The maximum absolute atomic E-state index is 13.7. The monoisotopic (exact) mass is 461 g/mol. The van der Waals surface area contributed by atoms with Crippen molar-refractivity contribution < 1.29 is 23.5 Å². The highest BCUT2D eigenvalue weighted by Gasteiger charge is 2.46. The Morgan fingerprint density at radius 3 is 2.35 bits per heavy atom. The van der Waals surface area contributed by atoms with Crippen molar-refractivity contribution in [3.8, 4) is 0 Å². The number of carbonyl (C=O) groups excluding carboxylic acids is 3. The van der Waals surface area contributed by atoms with E-state index in [2.05, 4.69) is 10.6 Å². The number of anilines is 1. The van der Waals surface area contributed by atoms with E-state index in [1.807, 2.05) is 30.3 Å². The van der Waals surface area contributed by atoms with Crippen LogP contribution in [-0.4, -0.2) is 28.8 Å². The van der Waals surface area contributed by atoms with Crippen molar-refractivity contribution in [1.29, 1.82) is 0 Å². The van der Waals surface area contributed by atoms with Gasteiger partial charge in [-0.05, 0) is 41.0 Å². The first kappa shape index (κ1) is 23.0. The topological polar surface area (TPSA) is 87.7 Å². The van der Waals surface area contributed by atoms with Crippen LogP contribution in [0.2, 0.25) is 0 Å². The van der Waals surface area contributed by atoms with E-state index in [4.69, 9.17) is 4.74 Å². The fourth-order valence-electron chi connectivity index (χ4n) is 3.89. The van der Waals surface area contributed by atoms with Gasteiger partial charge in [0.15, 0.2) is 12.1 Å². The van der Waals surface area contributed by atoms with E-state index in [1.165, 1.54) is 24.0 Å². The van der Waals surface area contributed by atoms with E-state index in [9.17, 15) is 18.8 Å². The Balaban J connectivity index is 1.60. The molecule has 174 valence electrons. The molecule has 1 saturated heterocycles. The Kier molecular flexibility index (Phi) is 6.87. The maximum atomic E-state index is 13.7. The number of ether oxygens (including phenoxy) is 1. The molecule has 0 bridgehead atoms. The van der Waals surface area contributed by atoms with Gasteiger partial charge in [-0.3, -0.25) is 14.5 Å². The number of nitrogens with zero attached hydrogens (tertiary/aromatic N) is 1. The molecule has 3 aromatic rings. The molecule has 3 amide bonds. The van der Waals surface area contributed by atoms with Crippen molar-refractivity contribution in [2.24, 2.45) is 0 Å². The molecule has 0 spiro atoms. The summed E-state index contributed by atoms with van der Waals surface area (Å²) in [4.78, 5) is 38.7. The molecule has 4 rings (SSSR count). The van der Waals surface area contributed by atoms with Crippen molar-refractivity contribution in [3.63, 3.8) is 0 Å². The zero-order valence-electron chi connectivity index (χ0n) is 18.5. The second-order valence-electron chi connectivity index (χ2n) is 8.01. The molecule has 2 N–H and O–H groups in total. The number of cyclic esters (lactones) is 1. The second kappa shape index (κ2) is 10.2.